The lowest BCUT2D eigenvalue weighted by Crippen LogP contribution is -2.25. The molecule has 9 heteroatoms. The van der Waals surface area contributed by atoms with Gasteiger partial charge in [-0.15, -0.1) is 0 Å². The third kappa shape index (κ3) is 3.58. The fourth-order valence-corrected chi connectivity index (χ4v) is 3.72. The Morgan fingerprint density at radius 1 is 1.08 bits per heavy atom. The number of ether oxygens (including phenoxy) is 1. The molecule has 130 valence electrons. The second-order valence-electron chi connectivity index (χ2n) is 5.01. The van der Waals surface area contributed by atoms with Crippen molar-refractivity contribution >= 4 is 33.2 Å². The Bertz CT molecular complexity index is 1000. The third-order valence-corrected chi connectivity index (χ3v) is 5.29. The Morgan fingerprint density at radius 3 is 2.44 bits per heavy atom. The third-order valence-electron chi connectivity index (χ3n) is 3.41. The zero-order valence-corrected chi connectivity index (χ0v) is 15.3. The van der Waals surface area contributed by atoms with E-state index in [-0.39, 0.29) is 9.92 Å². The zero-order chi connectivity index (χ0) is 18.0. The van der Waals surface area contributed by atoms with Crippen molar-refractivity contribution in [1.29, 1.82) is 0 Å². The Morgan fingerprint density at radius 2 is 1.80 bits per heavy atom. The summed E-state index contributed by atoms with van der Waals surface area (Å²) in [7, 11) is -2.31. The molecular weight excluding hydrogens is 385 g/mol. The van der Waals surface area contributed by atoms with Gasteiger partial charge in [-0.1, -0.05) is 41.4 Å². The lowest BCUT2D eigenvalue weighted by molar-refractivity contribution is 0.415. The van der Waals surface area contributed by atoms with Gasteiger partial charge < -0.3 is 4.74 Å². The van der Waals surface area contributed by atoms with Crippen LogP contribution in [-0.2, 0) is 10.0 Å². The summed E-state index contributed by atoms with van der Waals surface area (Å²) >= 11 is 12.3. The molecule has 0 aliphatic heterocycles. The fraction of sp³-hybridized carbons (Fsp3) is 0.0625. The maximum absolute atomic E-state index is 12.5. The van der Waals surface area contributed by atoms with Gasteiger partial charge in [-0.25, -0.2) is 0 Å². The second-order valence-corrected chi connectivity index (χ2v) is 7.49. The summed E-state index contributed by atoms with van der Waals surface area (Å²) < 4.78 is 30.1. The maximum Gasteiger partial charge on any atom is 0.276 e. The smallest absolute Gasteiger partial charge is 0.276 e. The van der Waals surface area contributed by atoms with E-state index in [1.165, 1.54) is 25.4 Å². The van der Waals surface area contributed by atoms with Crippen molar-refractivity contribution in [3.63, 3.8) is 0 Å². The Hall–Kier alpha value is -2.22. The SMILES string of the molecule is COc1ccc(-c2c(Cl)cnn2NS(=O)(=O)c2ccccc2)cc1Cl. The number of rotatable bonds is 5. The predicted octanol–water partition coefficient (Wildman–Crippen LogP) is 3.80. The van der Waals surface area contributed by atoms with Crippen molar-refractivity contribution in [2.75, 3.05) is 11.9 Å². The molecule has 0 fully saturated rings. The van der Waals surface area contributed by atoms with Crippen LogP contribution in [0, 0.1) is 0 Å². The van der Waals surface area contributed by atoms with Crippen LogP contribution in [-0.4, -0.2) is 25.4 Å². The van der Waals surface area contributed by atoms with E-state index < -0.39 is 10.0 Å². The van der Waals surface area contributed by atoms with E-state index in [2.05, 4.69) is 9.93 Å². The van der Waals surface area contributed by atoms with E-state index in [0.717, 1.165) is 4.79 Å². The van der Waals surface area contributed by atoms with Crippen LogP contribution in [0.2, 0.25) is 10.0 Å². The van der Waals surface area contributed by atoms with E-state index in [1.54, 1.807) is 36.4 Å². The molecule has 0 aliphatic carbocycles. The van der Waals surface area contributed by atoms with Gasteiger partial charge in [0.25, 0.3) is 10.0 Å². The summed E-state index contributed by atoms with van der Waals surface area (Å²) in [4.78, 5) is 3.60. The van der Waals surface area contributed by atoms with Gasteiger partial charge in [0.05, 0.1) is 28.2 Å². The molecule has 0 spiro atoms. The number of methoxy groups -OCH3 is 1. The largest absolute Gasteiger partial charge is 0.495 e. The molecule has 3 aromatic rings. The number of benzene rings is 2. The Kier molecular flexibility index (Phi) is 4.89. The lowest BCUT2D eigenvalue weighted by Gasteiger charge is -2.12. The highest BCUT2D eigenvalue weighted by molar-refractivity contribution is 7.92. The summed E-state index contributed by atoms with van der Waals surface area (Å²) in [5.41, 5.74) is 0.954. The highest BCUT2D eigenvalue weighted by atomic mass is 35.5. The monoisotopic (exact) mass is 397 g/mol. The fourth-order valence-electron chi connectivity index (χ4n) is 2.24. The number of aromatic nitrogens is 2. The predicted molar refractivity (Wildman–Crippen MR) is 97.2 cm³/mol. The Labute approximate surface area is 155 Å². The van der Waals surface area contributed by atoms with Gasteiger partial charge in [-0.05, 0) is 30.3 Å². The number of nitrogens with one attached hydrogen (secondary N) is 1. The Balaban J connectivity index is 2.02. The van der Waals surface area contributed by atoms with E-state index in [9.17, 15) is 8.42 Å². The molecule has 3 rings (SSSR count). The number of nitrogens with zero attached hydrogens (tertiary/aromatic N) is 2. The van der Waals surface area contributed by atoms with Crippen LogP contribution in [0.5, 0.6) is 5.75 Å². The van der Waals surface area contributed by atoms with Crippen molar-refractivity contribution in [3.05, 3.63) is 64.8 Å². The van der Waals surface area contributed by atoms with Gasteiger partial charge >= 0.3 is 0 Å². The molecule has 0 amide bonds. The minimum absolute atomic E-state index is 0.111. The first-order valence-corrected chi connectivity index (χ1v) is 9.31. The van der Waals surface area contributed by atoms with Crippen LogP contribution in [0.4, 0.5) is 0 Å². The summed E-state index contributed by atoms with van der Waals surface area (Å²) in [6, 6.07) is 13.0. The number of hydrogen-bond acceptors (Lipinski definition) is 4. The minimum Gasteiger partial charge on any atom is -0.495 e. The average Bonchev–Trinajstić information content (AvgIpc) is 2.95. The van der Waals surface area contributed by atoms with E-state index >= 15 is 0 Å². The van der Waals surface area contributed by atoms with Gasteiger partial charge in [0.15, 0.2) is 0 Å². The summed E-state index contributed by atoms with van der Waals surface area (Å²) in [6.07, 6.45) is 1.35. The van der Waals surface area contributed by atoms with Gasteiger partial charge in [-0.2, -0.15) is 23.1 Å². The van der Waals surface area contributed by atoms with Gasteiger partial charge in [0.2, 0.25) is 0 Å². The normalized spacial score (nSPS) is 11.3. The molecule has 6 nitrogen and oxygen atoms in total. The number of halogens is 2. The molecule has 1 N–H and O–H groups in total. The first-order valence-electron chi connectivity index (χ1n) is 7.07. The summed E-state index contributed by atoms with van der Waals surface area (Å²) in [5, 5.41) is 4.64. The first kappa shape index (κ1) is 17.6. The molecule has 0 saturated carbocycles. The highest BCUT2D eigenvalue weighted by Gasteiger charge is 2.19. The zero-order valence-electron chi connectivity index (χ0n) is 13.0. The summed E-state index contributed by atoms with van der Waals surface area (Å²) in [5.74, 6) is 0.498. The van der Waals surface area contributed by atoms with Crippen LogP contribution >= 0.6 is 23.2 Å². The van der Waals surface area contributed by atoms with Crippen LogP contribution in [0.25, 0.3) is 11.3 Å². The molecule has 0 unspecified atom stereocenters. The maximum atomic E-state index is 12.5. The van der Waals surface area contributed by atoms with Crippen molar-refractivity contribution in [3.8, 4) is 17.0 Å². The lowest BCUT2D eigenvalue weighted by atomic mass is 10.1. The van der Waals surface area contributed by atoms with Gasteiger partial charge in [0, 0.05) is 5.56 Å². The van der Waals surface area contributed by atoms with Crippen LogP contribution in [0.15, 0.2) is 59.6 Å². The number of sulfonamides is 1. The molecule has 1 heterocycles. The highest BCUT2D eigenvalue weighted by Crippen LogP contribution is 2.33. The molecule has 1 aromatic heterocycles. The molecule has 25 heavy (non-hydrogen) atoms. The van der Waals surface area contributed by atoms with Crippen LogP contribution in [0.3, 0.4) is 0 Å². The van der Waals surface area contributed by atoms with Crippen molar-refractivity contribution in [2.24, 2.45) is 0 Å². The van der Waals surface area contributed by atoms with Gasteiger partial charge in [-0.3, -0.25) is 0 Å². The molecule has 0 bridgehead atoms. The van der Waals surface area contributed by atoms with E-state index in [0.29, 0.717) is 22.0 Å². The van der Waals surface area contributed by atoms with Crippen LogP contribution < -0.4 is 9.57 Å². The number of hydrogen-bond donors (Lipinski definition) is 1. The molecule has 0 radical (unpaired) electrons. The average molecular weight is 398 g/mol. The standard InChI is InChI=1S/C16H13Cl2N3O3S/c1-24-15-8-7-11(9-13(15)17)16-14(18)10-19-21(16)20-25(22,23)12-5-3-2-4-6-12/h2-10,20H,1H3. The second kappa shape index (κ2) is 6.95. The van der Waals surface area contributed by atoms with Crippen LogP contribution in [0.1, 0.15) is 0 Å². The quantitative estimate of drug-likeness (QED) is 0.710. The van der Waals surface area contributed by atoms with Crippen molar-refractivity contribution in [2.45, 2.75) is 4.90 Å². The first-order chi connectivity index (χ1) is 11.9. The molecule has 0 saturated heterocycles. The van der Waals surface area contributed by atoms with Gasteiger partial charge in [0.1, 0.15) is 11.4 Å². The van der Waals surface area contributed by atoms with E-state index in [4.69, 9.17) is 27.9 Å². The summed E-state index contributed by atoms with van der Waals surface area (Å²) in [6.45, 7) is 0. The van der Waals surface area contributed by atoms with E-state index in [1.807, 2.05) is 0 Å². The molecular formula is C16H13Cl2N3O3S. The molecule has 0 atom stereocenters. The molecule has 0 aliphatic rings. The topological polar surface area (TPSA) is 73.2 Å². The minimum atomic E-state index is -3.82. The van der Waals surface area contributed by atoms with Crippen molar-refractivity contribution < 1.29 is 13.2 Å². The van der Waals surface area contributed by atoms with Crippen molar-refractivity contribution in [1.82, 2.24) is 9.89 Å². The molecule has 2 aromatic carbocycles.